The second kappa shape index (κ2) is 3.10. The molecule has 2 atom stereocenters. The van der Waals surface area contributed by atoms with Gasteiger partial charge in [-0.1, -0.05) is 6.92 Å². The smallest absolute Gasteiger partial charge is 0.122 e. The van der Waals surface area contributed by atoms with Crippen LogP contribution in [0.1, 0.15) is 13.3 Å². The van der Waals surface area contributed by atoms with Gasteiger partial charge in [-0.05, 0) is 18.4 Å². The third-order valence-corrected chi connectivity index (χ3v) is 2.25. The third-order valence-electron chi connectivity index (χ3n) is 1.42. The van der Waals surface area contributed by atoms with Crippen molar-refractivity contribution in [2.24, 2.45) is 10.9 Å². The fraction of sp³-hybridized carbons (Fsp3) is 0.571. The molecule has 1 rings (SSSR count). The Bertz CT molecular complexity index is 208. The minimum atomic E-state index is -0.910. The summed E-state index contributed by atoms with van der Waals surface area (Å²) in [5, 5.41) is 0.721. The number of aliphatic imine (C=N–C) groups is 1. The predicted octanol–water partition coefficient (Wildman–Crippen LogP) is 1.32. The molecule has 3 heteroatoms. The first-order valence-electron chi connectivity index (χ1n) is 3.28. The lowest BCUT2D eigenvalue weighted by Gasteiger charge is -2.08. The van der Waals surface area contributed by atoms with Crippen molar-refractivity contribution in [1.29, 1.82) is 0 Å². The molecule has 0 aromatic heterocycles. The van der Waals surface area contributed by atoms with E-state index in [4.69, 9.17) is 0 Å². The summed E-state index contributed by atoms with van der Waals surface area (Å²) in [6, 6.07) is 0. The van der Waals surface area contributed by atoms with Gasteiger partial charge in [0, 0.05) is 12.5 Å². The molecule has 2 nitrogen and oxygen atoms in total. The molecule has 56 valence electrons. The van der Waals surface area contributed by atoms with Crippen LogP contribution in [-0.2, 0) is 10.8 Å². The van der Waals surface area contributed by atoms with E-state index in [1.807, 2.05) is 12.3 Å². The Labute approximate surface area is 63.5 Å². The molecule has 0 bridgehead atoms. The van der Waals surface area contributed by atoms with Crippen LogP contribution in [0, 0.1) is 5.92 Å². The van der Waals surface area contributed by atoms with E-state index in [1.165, 1.54) is 0 Å². The number of nitrogens with zero attached hydrogens (tertiary/aromatic N) is 1. The molecule has 0 spiro atoms. The molecule has 0 saturated carbocycles. The maximum atomic E-state index is 10.9. The van der Waals surface area contributed by atoms with Gasteiger partial charge in [0.1, 0.15) is 5.03 Å². The molecule has 0 saturated heterocycles. The van der Waals surface area contributed by atoms with E-state index in [0.29, 0.717) is 5.92 Å². The van der Waals surface area contributed by atoms with Gasteiger partial charge in [0.25, 0.3) is 0 Å². The maximum absolute atomic E-state index is 10.9. The van der Waals surface area contributed by atoms with Crippen molar-refractivity contribution in [2.75, 3.05) is 6.26 Å². The average Bonchev–Trinajstić information content (AvgIpc) is 1.88. The zero-order valence-electron chi connectivity index (χ0n) is 6.20. The van der Waals surface area contributed by atoms with Crippen LogP contribution >= 0.6 is 0 Å². The lowest BCUT2D eigenvalue weighted by atomic mass is 10.1. The van der Waals surface area contributed by atoms with Crippen molar-refractivity contribution in [3.05, 3.63) is 11.1 Å². The Kier molecular flexibility index (Phi) is 2.38. The van der Waals surface area contributed by atoms with Crippen molar-refractivity contribution in [2.45, 2.75) is 13.3 Å². The minimum absolute atomic E-state index is 0.497. The van der Waals surface area contributed by atoms with Gasteiger partial charge in [-0.2, -0.15) is 0 Å². The van der Waals surface area contributed by atoms with Crippen LogP contribution in [0.3, 0.4) is 0 Å². The topological polar surface area (TPSA) is 29.4 Å². The highest BCUT2D eigenvalue weighted by Gasteiger charge is 2.06. The van der Waals surface area contributed by atoms with Gasteiger partial charge in [-0.15, -0.1) is 0 Å². The highest BCUT2D eigenvalue weighted by Crippen LogP contribution is 2.14. The Morgan fingerprint density at radius 1 is 1.80 bits per heavy atom. The molecule has 1 aliphatic heterocycles. The molecule has 0 aromatic carbocycles. The molecular weight excluding hydrogens is 146 g/mol. The standard InChI is InChI=1S/C7H11NOS/c1-6-3-4-8-7(5-6)10(2)9/h4-6H,3H2,1-2H3. The summed E-state index contributed by atoms with van der Waals surface area (Å²) < 4.78 is 10.9. The van der Waals surface area contributed by atoms with Crippen LogP contribution in [0.5, 0.6) is 0 Å². The molecule has 10 heavy (non-hydrogen) atoms. The number of hydrogen-bond donors (Lipinski definition) is 0. The zero-order chi connectivity index (χ0) is 7.56. The Balaban J connectivity index is 2.76. The van der Waals surface area contributed by atoms with Crippen LogP contribution in [-0.4, -0.2) is 16.7 Å². The molecule has 0 aliphatic carbocycles. The van der Waals surface area contributed by atoms with E-state index in [-0.39, 0.29) is 0 Å². The molecule has 0 aromatic rings. The van der Waals surface area contributed by atoms with Crippen LogP contribution in [0.2, 0.25) is 0 Å². The summed E-state index contributed by atoms with van der Waals surface area (Å²) in [5.41, 5.74) is 0. The number of rotatable bonds is 1. The van der Waals surface area contributed by atoms with Crippen molar-refractivity contribution >= 4 is 17.0 Å². The summed E-state index contributed by atoms with van der Waals surface area (Å²) >= 11 is 0. The Hall–Kier alpha value is -0.440. The second-order valence-electron chi connectivity index (χ2n) is 2.48. The third kappa shape index (κ3) is 1.77. The molecule has 0 amide bonds. The molecule has 0 radical (unpaired) electrons. The van der Waals surface area contributed by atoms with E-state index >= 15 is 0 Å². The summed E-state index contributed by atoms with van der Waals surface area (Å²) in [6.45, 7) is 2.10. The van der Waals surface area contributed by atoms with Gasteiger partial charge in [0.15, 0.2) is 0 Å². The van der Waals surface area contributed by atoms with Crippen molar-refractivity contribution < 1.29 is 4.21 Å². The number of hydrogen-bond acceptors (Lipinski definition) is 2. The SMILES string of the molecule is CC1C=C(S(C)=O)N=CC1. The van der Waals surface area contributed by atoms with E-state index in [0.717, 1.165) is 11.4 Å². The first-order chi connectivity index (χ1) is 4.70. The van der Waals surface area contributed by atoms with Gasteiger partial charge in [0.2, 0.25) is 0 Å². The van der Waals surface area contributed by atoms with Gasteiger partial charge in [0.05, 0.1) is 10.8 Å². The largest absolute Gasteiger partial charge is 0.253 e. The average molecular weight is 157 g/mol. The van der Waals surface area contributed by atoms with Gasteiger partial charge in [-0.3, -0.25) is 9.20 Å². The van der Waals surface area contributed by atoms with Gasteiger partial charge >= 0.3 is 0 Å². The van der Waals surface area contributed by atoms with E-state index in [9.17, 15) is 4.21 Å². The molecule has 1 heterocycles. The van der Waals surface area contributed by atoms with Crippen molar-refractivity contribution in [3.8, 4) is 0 Å². The Morgan fingerprint density at radius 3 is 2.90 bits per heavy atom. The van der Waals surface area contributed by atoms with Crippen LogP contribution in [0.4, 0.5) is 0 Å². The summed E-state index contributed by atoms with van der Waals surface area (Å²) in [7, 11) is -0.910. The van der Waals surface area contributed by atoms with E-state index in [2.05, 4.69) is 11.9 Å². The summed E-state index contributed by atoms with van der Waals surface area (Å²) in [5.74, 6) is 0.497. The highest BCUT2D eigenvalue weighted by molar-refractivity contribution is 7.88. The van der Waals surface area contributed by atoms with Gasteiger partial charge < -0.3 is 0 Å². The molecule has 0 fully saturated rings. The lowest BCUT2D eigenvalue weighted by Crippen LogP contribution is -2.01. The Morgan fingerprint density at radius 2 is 2.50 bits per heavy atom. The normalized spacial score (nSPS) is 27.8. The monoisotopic (exact) mass is 157 g/mol. The fourth-order valence-electron chi connectivity index (χ4n) is 0.833. The zero-order valence-corrected chi connectivity index (χ0v) is 7.02. The van der Waals surface area contributed by atoms with E-state index in [1.54, 1.807) is 6.26 Å². The van der Waals surface area contributed by atoms with Crippen LogP contribution < -0.4 is 0 Å². The molecular formula is C7H11NOS. The minimum Gasteiger partial charge on any atom is -0.253 e. The van der Waals surface area contributed by atoms with Gasteiger partial charge in [-0.25, -0.2) is 0 Å². The fourth-order valence-corrected chi connectivity index (χ4v) is 1.48. The molecule has 1 aliphatic rings. The first-order valence-corrected chi connectivity index (χ1v) is 4.83. The number of allylic oxidation sites excluding steroid dienone is 1. The quantitative estimate of drug-likeness (QED) is 0.564. The van der Waals surface area contributed by atoms with Crippen molar-refractivity contribution in [1.82, 2.24) is 0 Å². The highest BCUT2D eigenvalue weighted by atomic mass is 32.2. The second-order valence-corrected chi connectivity index (χ2v) is 3.81. The summed E-state index contributed by atoms with van der Waals surface area (Å²) in [4.78, 5) is 4.02. The molecule has 0 N–H and O–H groups in total. The lowest BCUT2D eigenvalue weighted by molar-refractivity contribution is 0.687. The van der Waals surface area contributed by atoms with Crippen LogP contribution in [0.25, 0.3) is 0 Å². The first kappa shape index (κ1) is 7.66. The van der Waals surface area contributed by atoms with Crippen molar-refractivity contribution in [3.63, 3.8) is 0 Å². The summed E-state index contributed by atoms with van der Waals surface area (Å²) in [6.07, 6.45) is 6.43. The maximum Gasteiger partial charge on any atom is 0.122 e. The predicted molar refractivity (Wildman–Crippen MR) is 44.4 cm³/mol. The molecule has 2 unspecified atom stereocenters. The van der Waals surface area contributed by atoms with Crippen LogP contribution in [0.15, 0.2) is 16.1 Å². The van der Waals surface area contributed by atoms with E-state index < -0.39 is 10.8 Å².